The average molecular weight is 304 g/mol. The van der Waals surface area contributed by atoms with Crippen molar-refractivity contribution in [3.05, 3.63) is 46.5 Å². The Kier molecular flexibility index (Phi) is 3.23. The number of methoxy groups -OCH3 is 1. The van der Waals surface area contributed by atoms with Gasteiger partial charge in [0.1, 0.15) is 5.15 Å². The monoisotopic (exact) mass is 303 g/mol. The van der Waals surface area contributed by atoms with Gasteiger partial charge in [0.2, 0.25) is 0 Å². The molecule has 2 aromatic rings. The summed E-state index contributed by atoms with van der Waals surface area (Å²) < 4.78 is 4.70. The van der Waals surface area contributed by atoms with Crippen molar-refractivity contribution in [2.24, 2.45) is 0 Å². The molecule has 0 radical (unpaired) electrons. The van der Waals surface area contributed by atoms with Crippen LogP contribution in [0.25, 0.3) is 11.6 Å². The van der Waals surface area contributed by atoms with E-state index >= 15 is 0 Å². The summed E-state index contributed by atoms with van der Waals surface area (Å²) >= 11 is 5.86. The minimum Gasteiger partial charge on any atom is -0.465 e. The number of aromatic amines is 1. The molecule has 0 aromatic carbocycles. The van der Waals surface area contributed by atoms with E-state index in [0.717, 1.165) is 0 Å². The van der Waals surface area contributed by atoms with Gasteiger partial charge >= 0.3 is 5.97 Å². The van der Waals surface area contributed by atoms with Crippen LogP contribution >= 0.6 is 11.6 Å². The second kappa shape index (κ2) is 5.06. The first-order valence-electron chi connectivity index (χ1n) is 6.05. The Labute approximate surface area is 124 Å². The van der Waals surface area contributed by atoms with E-state index < -0.39 is 5.97 Å². The van der Waals surface area contributed by atoms with E-state index in [1.54, 1.807) is 24.4 Å². The average Bonchev–Trinajstić information content (AvgIpc) is 3.04. The third-order valence-corrected chi connectivity index (χ3v) is 3.33. The number of amides is 1. The fourth-order valence-corrected chi connectivity index (χ4v) is 2.30. The molecule has 0 bridgehead atoms. The SMILES string of the molecule is COC(=O)c1cc[nH]c1/C=C1\C(=O)Nc2cnc(Cl)cc21. The number of fused-ring (bicyclic) bond motifs is 1. The van der Waals surface area contributed by atoms with E-state index in [9.17, 15) is 9.59 Å². The number of H-pyrrole nitrogens is 1. The van der Waals surface area contributed by atoms with Crippen molar-refractivity contribution in [3.63, 3.8) is 0 Å². The van der Waals surface area contributed by atoms with Crippen molar-refractivity contribution in [2.45, 2.75) is 0 Å². The minimum absolute atomic E-state index is 0.278. The lowest BCUT2D eigenvalue weighted by molar-refractivity contribution is -0.110. The van der Waals surface area contributed by atoms with Gasteiger partial charge in [-0.3, -0.25) is 4.79 Å². The number of esters is 1. The van der Waals surface area contributed by atoms with Gasteiger partial charge in [0, 0.05) is 11.8 Å². The highest BCUT2D eigenvalue weighted by Crippen LogP contribution is 2.34. The summed E-state index contributed by atoms with van der Waals surface area (Å²) in [6.07, 6.45) is 4.68. The molecule has 0 unspecified atom stereocenters. The number of anilines is 1. The molecule has 0 atom stereocenters. The molecule has 0 saturated heterocycles. The number of nitrogens with one attached hydrogen (secondary N) is 2. The zero-order chi connectivity index (χ0) is 15.0. The number of nitrogens with zero attached hydrogens (tertiary/aromatic N) is 1. The third kappa shape index (κ3) is 2.30. The second-order valence-electron chi connectivity index (χ2n) is 4.36. The van der Waals surface area contributed by atoms with E-state index in [1.165, 1.54) is 13.3 Å². The Hall–Kier alpha value is -2.60. The van der Waals surface area contributed by atoms with E-state index in [1.807, 2.05) is 0 Å². The third-order valence-electron chi connectivity index (χ3n) is 3.13. The van der Waals surface area contributed by atoms with Crippen molar-refractivity contribution < 1.29 is 14.3 Å². The molecule has 2 N–H and O–H groups in total. The number of pyridine rings is 1. The normalized spacial score (nSPS) is 15.0. The molecule has 1 amide bonds. The van der Waals surface area contributed by atoms with Crippen LogP contribution in [-0.2, 0) is 9.53 Å². The smallest absolute Gasteiger partial charge is 0.340 e. The predicted octanol–water partition coefficient (Wildman–Crippen LogP) is 2.34. The van der Waals surface area contributed by atoms with Crippen molar-refractivity contribution in [1.82, 2.24) is 9.97 Å². The molecule has 0 saturated carbocycles. The van der Waals surface area contributed by atoms with Gasteiger partial charge in [-0.1, -0.05) is 11.6 Å². The van der Waals surface area contributed by atoms with E-state index in [-0.39, 0.29) is 11.1 Å². The maximum absolute atomic E-state index is 12.0. The van der Waals surface area contributed by atoms with Crippen molar-refractivity contribution in [1.29, 1.82) is 0 Å². The van der Waals surface area contributed by atoms with Crippen molar-refractivity contribution >= 4 is 40.8 Å². The lowest BCUT2D eigenvalue weighted by Gasteiger charge is -2.00. The summed E-state index contributed by atoms with van der Waals surface area (Å²) in [5, 5.41) is 2.98. The van der Waals surface area contributed by atoms with Gasteiger partial charge < -0.3 is 15.0 Å². The van der Waals surface area contributed by atoms with Gasteiger partial charge in [0.05, 0.1) is 35.8 Å². The van der Waals surface area contributed by atoms with Gasteiger partial charge in [-0.15, -0.1) is 0 Å². The van der Waals surface area contributed by atoms with E-state index in [4.69, 9.17) is 16.3 Å². The number of aromatic nitrogens is 2. The maximum atomic E-state index is 12.0. The van der Waals surface area contributed by atoms with Crippen LogP contribution in [-0.4, -0.2) is 29.0 Å². The zero-order valence-electron chi connectivity index (χ0n) is 10.9. The Bertz CT molecular complexity index is 780. The molecule has 0 fully saturated rings. The van der Waals surface area contributed by atoms with Crippen LogP contribution in [0.5, 0.6) is 0 Å². The maximum Gasteiger partial charge on any atom is 0.340 e. The molecule has 3 heterocycles. The van der Waals surface area contributed by atoms with E-state index in [0.29, 0.717) is 28.1 Å². The van der Waals surface area contributed by atoms with Crippen molar-refractivity contribution in [2.75, 3.05) is 12.4 Å². The topological polar surface area (TPSA) is 84.1 Å². The summed E-state index contributed by atoms with van der Waals surface area (Å²) in [4.78, 5) is 30.5. The molecule has 106 valence electrons. The first kappa shape index (κ1) is 13.4. The predicted molar refractivity (Wildman–Crippen MR) is 77.9 cm³/mol. The molecule has 21 heavy (non-hydrogen) atoms. The van der Waals surface area contributed by atoms with Crippen LogP contribution in [0, 0.1) is 0 Å². The number of ether oxygens (including phenoxy) is 1. The molecule has 3 rings (SSSR count). The summed E-state index contributed by atoms with van der Waals surface area (Å²) in [6, 6.07) is 3.19. The van der Waals surface area contributed by atoms with Crippen LogP contribution in [0.4, 0.5) is 5.69 Å². The fraction of sp³-hybridized carbons (Fsp3) is 0.0714. The number of rotatable bonds is 2. The number of carbonyl (C=O) groups excluding carboxylic acids is 2. The van der Waals surface area contributed by atoms with Crippen LogP contribution in [0.2, 0.25) is 5.15 Å². The Morgan fingerprint density at radius 2 is 2.29 bits per heavy atom. The molecule has 0 spiro atoms. The largest absolute Gasteiger partial charge is 0.465 e. The molecule has 6 nitrogen and oxygen atoms in total. The number of carbonyl (C=O) groups is 2. The van der Waals surface area contributed by atoms with Gasteiger partial charge in [-0.25, -0.2) is 9.78 Å². The highest BCUT2D eigenvalue weighted by Gasteiger charge is 2.25. The van der Waals surface area contributed by atoms with Gasteiger partial charge in [-0.05, 0) is 18.2 Å². The standard InChI is InChI=1S/C14H10ClN3O3/c1-21-14(20)7-2-3-16-10(7)4-9-8-5-12(15)17-6-11(8)18-13(9)19/h2-6,16H,1H3,(H,18,19)/b9-4-. The summed E-state index contributed by atoms with van der Waals surface area (Å²) in [6.45, 7) is 0. The van der Waals surface area contributed by atoms with Gasteiger partial charge in [0.15, 0.2) is 0 Å². The lowest BCUT2D eigenvalue weighted by Crippen LogP contribution is -2.05. The first-order chi connectivity index (χ1) is 10.1. The zero-order valence-corrected chi connectivity index (χ0v) is 11.7. The Morgan fingerprint density at radius 1 is 1.48 bits per heavy atom. The highest BCUT2D eigenvalue weighted by atomic mass is 35.5. The molecular weight excluding hydrogens is 294 g/mol. The van der Waals surface area contributed by atoms with Crippen LogP contribution in [0.1, 0.15) is 21.6 Å². The first-order valence-corrected chi connectivity index (χ1v) is 6.42. The van der Waals surface area contributed by atoms with E-state index in [2.05, 4.69) is 15.3 Å². The number of halogens is 1. The molecule has 1 aliphatic rings. The minimum atomic E-state index is -0.477. The highest BCUT2D eigenvalue weighted by molar-refractivity contribution is 6.36. The molecule has 7 heteroatoms. The van der Waals surface area contributed by atoms with Crippen molar-refractivity contribution in [3.8, 4) is 0 Å². The Balaban J connectivity index is 2.09. The fourth-order valence-electron chi connectivity index (χ4n) is 2.14. The molecule has 2 aromatic heterocycles. The quantitative estimate of drug-likeness (QED) is 0.507. The summed E-state index contributed by atoms with van der Waals surface area (Å²) in [7, 11) is 1.30. The second-order valence-corrected chi connectivity index (χ2v) is 4.75. The molecule has 1 aliphatic heterocycles. The van der Waals surface area contributed by atoms with Gasteiger partial charge in [0.25, 0.3) is 5.91 Å². The summed E-state index contributed by atoms with van der Waals surface area (Å²) in [5.41, 5.74) is 2.48. The van der Waals surface area contributed by atoms with Crippen LogP contribution < -0.4 is 5.32 Å². The van der Waals surface area contributed by atoms with Crippen LogP contribution in [0.3, 0.4) is 0 Å². The molecule has 0 aliphatic carbocycles. The molecular formula is C14H10ClN3O3. The van der Waals surface area contributed by atoms with Gasteiger partial charge in [-0.2, -0.15) is 0 Å². The summed E-state index contributed by atoms with van der Waals surface area (Å²) in [5.74, 6) is -0.756. The lowest BCUT2D eigenvalue weighted by atomic mass is 10.1. The Morgan fingerprint density at radius 3 is 3.05 bits per heavy atom. The number of hydrogen-bond acceptors (Lipinski definition) is 4. The van der Waals surface area contributed by atoms with Crippen LogP contribution in [0.15, 0.2) is 24.5 Å². The number of hydrogen-bond donors (Lipinski definition) is 2.